The van der Waals surface area contributed by atoms with E-state index in [-0.39, 0.29) is 37.8 Å². The number of carbonyl (C=O) groups is 2. The fraction of sp³-hybridized carbons (Fsp3) is 0.545. The molecule has 3 atom stereocenters. The highest BCUT2D eigenvalue weighted by molar-refractivity contribution is 5.67. The monoisotopic (exact) mass is 446 g/mol. The second kappa shape index (κ2) is 11.9. The molecule has 0 aliphatic heterocycles. The number of hydrogen-bond acceptors (Lipinski definition) is 8. The van der Waals surface area contributed by atoms with Gasteiger partial charge in [0.25, 0.3) is 5.69 Å². The van der Waals surface area contributed by atoms with Crippen molar-refractivity contribution in [2.24, 2.45) is 17.8 Å². The molecule has 10 nitrogen and oxygen atoms in total. The molecule has 1 N–H and O–H groups in total. The van der Waals surface area contributed by atoms with Crippen molar-refractivity contribution in [1.29, 1.82) is 0 Å². The molecule has 1 fully saturated rings. The number of ether oxygens (including phenoxy) is 4. The maximum atomic E-state index is 11.8. The Bertz CT molecular complexity index is 843. The van der Waals surface area contributed by atoms with E-state index in [1.807, 2.05) is 0 Å². The Labute approximate surface area is 185 Å². The normalized spacial score (nSPS) is 20.9. The first-order valence-electron chi connectivity index (χ1n) is 10.6. The summed E-state index contributed by atoms with van der Waals surface area (Å²) >= 11 is 0. The number of fused-ring (bicyclic) bond motifs is 1. The maximum Gasteiger partial charge on any atom is 0.513 e. The number of benzene rings is 1. The predicted molar refractivity (Wildman–Crippen MR) is 112 cm³/mol. The van der Waals surface area contributed by atoms with Crippen molar-refractivity contribution in [2.75, 3.05) is 33.0 Å². The molecule has 1 saturated carbocycles. The largest absolute Gasteiger partial charge is 0.513 e. The summed E-state index contributed by atoms with van der Waals surface area (Å²) in [6.45, 7) is 1.04. The third kappa shape index (κ3) is 7.42. The molecule has 32 heavy (non-hydrogen) atoms. The lowest BCUT2D eigenvalue weighted by molar-refractivity contribution is -0.384. The highest BCUT2D eigenvalue weighted by atomic mass is 16.7. The van der Waals surface area contributed by atoms with E-state index in [0.717, 1.165) is 25.7 Å². The van der Waals surface area contributed by atoms with Gasteiger partial charge in [-0.15, -0.1) is 11.8 Å². The minimum Gasteiger partial charge on any atom is -0.449 e. The van der Waals surface area contributed by atoms with Crippen molar-refractivity contribution >= 4 is 17.9 Å². The number of amides is 1. The van der Waals surface area contributed by atoms with E-state index in [2.05, 4.69) is 17.2 Å². The number of non-ortho nitro benzene ring substituents is 1. The summed E-state index contributed by atoms with van der Waals surface area (Å²) in [5.74, 6) is 8.17. The number of hydrogen-bond donors (Lipinski definition) is 1. The van der Waals surface area contributed by atoms with Gasteiger partial charge in [0.05, 0.1) is 24.7 Å². The van der Waals surface area contributed by atoms with Crippen molar-refractivity contribution in [3.63, 3.8) is 0 Å². The van der Waals surface area contributed by atoms with Crippen LogP contribution in [0.5, 0.6) is 5.75 Å². The van der Waals surface area contributed by atoms with Crippen LogP contribution in [-0.4, -0.2) is 50.1 Å². The van der Waals surface area contributed by atoms with Gasteiger partial charge in [0.1, 0.15) is 12.4 Å². The van der Waals surface area contributed by atoms with Gasteiger partial charge in [-0.25, -0.2) is 9.59 Å². The molecule has 1 unspecified atom stereocenters. The van der Waals surface area contributed by atoms with Gasteiger partial charge < -0.3 is 24.3 Å². The molecule has 2 aliphatic carbocycles. The molecule has 0 heterocycles. The summed E-state index contributed by atoms with van der Waals surface area (Å²) < 4.78 is 20.3. The van der Waals surface area contributed by atoms with E-state index < -0.39 is 17.2 Å². The van der Waals surface area contributed by atoms with Gasteiger partial charge in [-0.3, -0.25) is 10.1 Å². The number of nitrogens with one attached hydrogen (secondary N) is 1. The van der Waals surface area contributed by atoms with Gasteiger partial charge in [-0.2, -0.15) is 0 Å². The SMILES string of the molecule is O=C(NCCOCCOC(=O)Oc1ccc([N+](=O)[O-])cc1)OCC1[C@H]2CCC#CCC[C@@H]12. The van der Waals surface area contributed by atoms with Crippen LogP contribution in [0, 0.1) is 39.7 Å². The van der Waals surface area contributed by atoms with Crippen molar-refractivity contribution in [2.45, 2.75) is 25.7 Å². The molecule has 1 aromatic carbocycles. The first kappa shape index (κ1) is 23.3. The maximum absolute atomic E-state index is 11.8. The van der Waals surface area contributed by atoms with Crippen LogP contribution in [0.15, 0.2) is 24.3 Å². The first-order valence-corrected chi connectivity index (χ1v) is 10.6. The first-order chi connectivity index (χ1) is 15.5. The quantitative estimate of drug-likeness (QED) is 0.145. The van der Waals surface area contributed by atoms with Gasteiger partial charge in [0.15, 0.2) is 0 Å². The van der Waals surface area contributed by atoms with Gasteiger partial charge in [0.2, 0.25) is 0 Å². The molecule has 1 amide bonds. The van der Waals surface area contributed by atoms with Crippen LogP contribution in [0.2, 0.25) is 0 Å². The molecule has 0 saturated heterocycles. The molecule has 1 aromatic rings. The highest BCUT2D eigenvalue weighted by Crippen LogP contribution is 2.52. The standard InChI is InChI=1S/C22H26N2O8/c25-21(31-15-20-18-5-3-1-2-4-6-19(18)20)23-11-12-29-13-14-30-22(26)32-17-9-7-16(8-10-17)24(27)28/h7-10,18-20H,3-6,11-15H2,(H,23,25)/t18-,19+,20?. The van der Waals surface area contributed by atoms with Crippen molar-refractivity contribution in [3.8, 4) is 17.6 Å². The van der Waals surface area contributed by atoms with Crippen molar-refractivity contribution < 1.29 is 33.5 Å². The molecule has 2 aliphatic rings. The van der Waals surface area contributed by atoms with Crippen LogP contribution in [0.1, 0.15) is 25.7 Å². The van der Waals surface area contributed by atoms with Gasteiger partial charge in [-0.1, -0.05) is 0 Å². The second-order valence-corrected chi connectivity index (χ2v) is 7.51. The summed E-state index contributed by atoms with van der Waals surface area (Å²) in [6.07, 6.45) is 2.63. The Morgan fingerprint density at radius 3 is 2.38 bits per heavy atom. The third-order valence-electron chi connectivity index (χ3n) is 5.46. The molecule has 0 radical (unpaired) electrons. The summed E-state index contributed by atoms with van der Waals surface area (Å²) in [6, 6.07) is 5.04. The average Bonchev–Trinajstić information content (AvgIpc) is 3.40. The fourth-order valence-corrected chi connectivity index (χ4v) is 3.78. The molecule has 3 rings (SSSR count). The molecule has 172 valence electrons. The zero-order valence-electron chi connectivity index (χ0n) is 17.6. The molecule has 0 spiro atoms. The summed E-state index contributed by atoms with van der Waals surface area (Å²) in [5, 5.41) is 13.2. The van der Waals surface area contributed by atoms with Crippen LogP contribution in [0.4, 0.5) is 15.3 Å². The zero-order valence-corrected chi connectivity index (χ0v) is 17.6. The smallest absolute Gasteiger partial charge is 0.449 e. The molecule has 0 aromatic heterocycles. The number of rotatable bonds is 10. The van der Waals surface area contributed by atoms with Gasteiger partial charge in [0, 0.05) is 31.5 Å². The Morgan fingerprint density at radius 2 is 1.72 bits per heavy atom. The predicted octanol–water partition coefficient (Wildman–Crippen LogP) is 3.29. The highest BCUT2D eigenvalue weighted by Gasteiger charge is 2.49. The Hall–Kier alpha value is -3.32. The fourth-order valence-electron chi connectivity index (χ4n) is 3.78. The van der Waals surface area contributed by atoms with E-state index in [9.17, 15) is 19.7 Å². The second-order valence-electron chi connectivity index (χ2n) is 7.51. The van der Waals surface area contributed by atoms with Crippen LogP contribution in [-0.2, 0) is 14.2 Å². The van der Waals surface area contributed by atoms with Crippen LogP contribution in [0.25, 0.3) is 0 Å². The molecular weight excluding hydrogens is 420 g/mol. The van der Waals surface area contributed by atoms with Crippen LogP contribution >= 0.6 is 0 Å². The van der Waals surface area contributed by atoms with Gasteiger partial charge >= 0.3 is 12.2 Å². The lowest BCUT2D eigenvalue weighted by Gasteiger charge is -2.08. The molecular formula is C22H26N2O8. The summed E-state index contributed by atoms with van der Waals surface area (Å²) in [7, 11) is 0. The molecule has 10 heteroatoms. The molecule has 0 bridgehead atoms. The number of alkyl carbamates (subject to hydrolysis) is 1. The van der Waals surface area contributed by atoms with E-state index in [0.29, 0.717) is 24.4 Å². The van der Waals surface area contributed by atoms with E-state index >= 15 is 0 Å². The van der Waals surface area contributed by atoms with Crippen molar-refractivity contribution in [3.05, 3.63) is 34.4 Å². The summed E-state index contributed by atoms with van der Waals surface area (Å²) in [4.78, 5) is 33.4. The van der Waals surface area contributed by atoms with Crippen molar-refractivity contribution in [1.82, 2.24) is 5.32 Å². The lowest BCUT2D eigenvalue weighted by atomic mass is 10.1. The minimum atomic E-state index is -0.942. The lowest BCUT2D eigenvalue weighted by Crippen LogP contribution is -2.29. The number of nitrogens with zero attached hydrogens (tertiary/aromatic N) is 1. The topological polar surface area (TPSA) is 126 Å². The Morgan fingerprint density at radius 1 is 1.03 bits per heavy atom. The third-order valence-corrected chi connectivity index (χ3v) is 5.46. The Kier molecular flexibility index (Phi) is 8.69. The van der Waals surface area contributed by atoms with E-state index in [4.69, 9.17) is 18.9 Å². The average molecular weight is 446 g/mol. The zero-order chi connectivity index (χ0) is 22.8. The minimum absolute atomic E-state index is 0.0373. The number of carbonyl (C=O) groups excluding carboxylic acids is 2. The van der Waals surface area contributed by atoms with E-state index in [1.54, 1.807) is 0 Å². The van der Waals surface area contributed by atoms with E-state index in [1.165, 1.54) is 24.3 Å². The Balaban J connectivity index is 1.17. The number of nitro benzene ring substituents is 1. The van der Waals surface area contributed by atoms with Crippen LogP contribution in [0.3, 0.4) is 0 Å². The van der Waals surface area contributed by atoms with Gasteiger partial charge in [-0.05, 0) is 42.7 Å². The summed E-state index contributed by atoms with van der Waals surface area (Å²) in [5.41, 5.74) is -0.108. The van der Waals surface area contributed by atoms with Crippen LogP contribution < -0.4 is 10.1 Å². The number of nitro groups is 1.